The number of aromatic carboxylic acids is 2. The van der Waals surface area contributed by atoms with E-state index in [1.54, 1.807) is 263 Å². The largest absolute Gasteiger partial charge is 1.00 e. The first-order valence-corrected chi connectivity index (χ1v) is 44.8. The Bertz CT molecular complexity index is 6790. The van der Waals surface area contributed by atoms with E-state index in [4.69, 9.17) is 76.0 Å². The Morgan fingerprint density at radius 3 is 0.740 bits per heavy atom. The van der Waals surface area contributed by atoms with E-state index in [9.17, 15) is 62.3 Å². The number of nitrogens with zero attached hydrogens (tertiary/aromatic N) is 4. The van der Waals surface area contributed by atoms with E-state index in [0.717, 1.165) is 0 Å². The summed E-state index contributed by atoms with van der Waals surface area (Å²) in [5, 5.41) is 44.7. The Kier molecular flexibility index (Phi) is 34.5. The Morgan fingerprint density at radius 2 is 0.507 bits per heavy atom. The molecule has 0 aliphatic carbocycles. The summed E-state index contributed by atoms with van der Waals surface area (Å²) in [6.07, 6.45) is -2.79. The van der Waals surface area contributed by atoms with Crippen LogP contribution >= 0.6 is 0 Å². The van der Waals surface area contributed by atoms with Crippen LogP contribution in [0.25, 0.3) is 0 Å². The second-order valence-electron chi connectivity index (χ2n) is 36.0. The zero-order valence-corrected chi connectivity index (χ0v) is 84.5. The number of anilines is 22. The van der Waals surface area contributed by atoms with Crippen LogP contribution in [0.15, 0.2) is 279 Å². The van der Waals surface area contributed by atoms with Crippen molar-refractivity contribution in [2.75, 3.05) is 119 Å². The number of rotatable bonds is 11. The molecule has 13 aromatic rings. The van der Waals surface area contributed by atoms with Crippen LogP contribution in [0, 0.1) is 0 Å². The first-order chi connectivity index (χ1) is 69.1. The van der Waals surface area contributed by atoms with Gasteiger partial charge in [-0.3, -0.25) is 43.7 Å². The predicted molar refractivity (Wildman–Crippen MR) is 570 cm³/mol. The number of nitrogen functional groups attached to an aromatic ring is 9. The van der Waals surface area contributed by atoms with Gasteiger partial charge in [0.2, 0.25) is 0 Å². The summed E-state index contributed by atoms with van der Waals surface area (Å²) in [6, 6.07) is 76.1. The molecule has 35 N–H and O–H groups in total. The van der Waals surface area contributed by atoms with Gasteiger partial charge in [0, 0.05) is 28.4 Å². The number of nitrogens with one attached hydrogen (secondary N) is 9. The maximum atomic E-state index is 14.5. The second kappa shape index (κ2) is 45.8. The number of nitrogens with two attached hydrogens (primary N) is 9. The third-order valence-corrected chi connectivity index (χ3v) is 22.2. The van der Waals surface area contributed by atoms with Crippen LogP contribution in [0.1, 0.15) is 166 Å². The quantitative estimate of drug-likeness (QED) is 0.0188. The van der Waals surface area contributed by atoms with Crippen molar-refractivity contribution in [3.05, 3.63) is 335 Å². The van der Waals surface area contributed by atoms with Gasteiger partial charge < -0.3 is 140 Å². The number of para-hydroxylation sites is 10. The van der Waals surface area contributed by atoms with Crippen LogP contribution in [0.3, 0.4) is 0 Å². The molecule has 0 fully saturated rings. The molecule has 0 bridgehead atoms. The fourth-order valence-electron chi connectivity index (χ4n) is 15.8. The SMILES string of the molecule is CC(C)(C)OC(=O)Nc1ccccc1C(=O)O.CC(C)(C)OC(=O)OC(=O)OC(C)(C)C.N.Nc1cc(N)c(N)cc1N.Nc1ccccc1C(=O)Nc1cc(NC(=O)c2ccccc2N)c(NC(=O)c2ccccc2N)cc1NC(=O)c1ccccc1N.Nc1ccccc1C(=O)O.O.O=C1c2ccccc2NC23Nc4ccccc4C(=O)N2c2cc4c(cc2N13)N1C(=O)c2ccccc2NC12Nc1ccccc1C(=O)N42.[Na+].[OH-]. The van der Waals surface area contributed by atoms with E-state index in [0.29, 0.717) is 96.2 Å². The van der Waals surface area contributed by atoms with Gasteiger partial charge in [0.05, 0.1) is 152 Å². The third kappa shape index (κ3) is 24.4. The van der Waals surface area contributed by atoms with Crippen molar-refractivity contribution >= 4 is 203 Å². The molecule has 9 amide bonds. The summed E-state index contributed by atoms with van der Waals surface area (Å²) in [5.41, 5.74) is 59.1. The van der Waals surface area contributed by atoms with Crippen LogP contribution in [0.2, 0.25) is 0 Å². The van der Waals surface area contributed by atoms with Gasteiger partial charge in [-0.25, -0.2) is 43.6 Å². The summed E-state index contributed by atoms with van der Waals surface area (Å²) in [6.45, 7) is 15.2. The molecule has 6 aliphatic heterocycles. The number of hydrogen-bond donors (Lipinski definition) is 21. The van der Waals surface area contributed by atoms with Gasteiger partial charge in [-0.2, -0.15) is 0 Å². The molecule has 150 heavy (non-hydrogen) atoms. The maximum Gasteiger partial charge on any atom is 1.00 e. The van der Waals surface area contributed by atoms with Crippen molar-refractivity contribution in [1.82, 2.24) is 6.15 Å². The first-order valence-electron chi connectivity index (χ1n) is 44.8. The van der Waals surface area contributed by atoms with Crippen molar-refractivity contribution in [3.63, 3.8) is 0 Å². The molecule has 45 heteroatoms. The average molecular weight is 2050 g/mol. The van der Waals surface area contributed by atoms with Crippen molar-refractivity contribution in [2.45, 2.75) is 90.9 Å². The molecule has 44 nitrogen and oxygen atoms in total. The number of carboxylic acid groups (broad SMARTS) is 2. The van der Waals surface area contributed by atoms with Gasteiger partial charge in [-0.15, -0.1) is 0 Å². The smallest absolute Gasteiger partial charge is 0.870 e. The molecule has 0 atom stereocenters. The zero-order chi connectivity index (χ0) is 106. The van der Waals surface area contributed by atoms with Gasteiger partial charge in [0.1, 0.15) is 16.8 Å². The summed E-state index contributed by atoms with van der Waals surface area (Å²) in [5.74, 6) is -8.90. The third-order valence-electron chi connectivity index (χ3n) is 22.2. The average Bonchev–Trinajstić information content (AvgIpc) is 1.50. The minimum atomic E-state index is -1.54. The molecular weight excluding hydrogens is 1940 g/mol. The number of carbonyl (C=O) groups is 13. The van der Waals surface area contributed by atoms with Crippen LogP contribution in [0.4, 0.5) is 140 Å². The number of benzene rings is 13. The number of amides is 9. The predicted octanol–water partition coefficient (Wildman–Crippen LogP) is 13.0. The van der Waals surface area contributed by atoms with E-state index in [2.05, 4.69) is 52.6 Å². The molecule has 6 heterocycles. The zero-order valence-electron chi connectivity index (χ0n) is 82.5. The Morgan fingerprint density at radius 1 is 0.287 bits per heavy atom. The van der Waals surface area contributed by atoms with E-state index >= 15 is 0 Å². The monoisotopic (exact) mass is 2050 g/mol. The first kappa shape index (κ1) is 113. The van der Waals surface area contributed by atoms with Crippen LogP contribution in [0.5, 0.6) is 0 Å². The second-order valence-corrected chi connectivity index (χ2v) is 36.0. The minimum Gasteiger partial charge on any atom is -0.870 e. The number of hydrogen-bond acceptors (Lipinski definition) is 32. The van der Waals surface area contributed by atoms with Crippen LogP contribution in [-0.2, 0) is 18.9 Å². The summed E-state index contributed by atoms with van der Waals surface area (Å²) in [7, 11) is 0. The molecule has 6 aliphatic rings. The number of carbonyl (C=O) groups excluding carboxylic acids is 11. The van der Waals surface area contributed by atoms with E-state index < -0.39 is 82.6 Å². The van der Waals surface area contributed by atoms with Crippen molar-refractivity contribution in [1.29, 1.82) is 0 Å². The molecule has 13 aromatic carbocycles. The Hall–Kier alpha value is -19.1. The summed E-state index contributed by atoms with van der Waals surface area (Å²) in [4.78, 5) is 172. The van der Waals surface area contributed by atoms with E-state index in [1.165, 1.54) is 74.2 Å². The molecule has 2 spiro atoms. The van der Waals surface area contributed by atoms with E-state index in [-0.39, 0.29) is 155 Å². The summed E-state index contributed by atoms with van der Waals surface area (Å²) >= 11 is 0. The summed E-state index contributed by atoms with van der Waals surface area (Å²) < 4.78 is 18.8. The van der Waals surface area contributed by atoms with Crippen molar-refractivity contribution in [3.8, 4) is 0 Å². The molecule has 0 unspecified atom stereocenters. The normalized spacial score (nSPS) is 12.9. The Balaban J connectivity index is 0.000000206. The van der Waals surface area contributed by atoms with Gasteiger partial charge >= 0.3 is 59.9 Å². The van der Waals surface area contributed by atoms with Crippen molar-refractivity contribution in [2.24, 2.45) is 0 Å². The van der Waals surface area contributed by atoms with Crippen LogP contribution < -0.4 is 155 Å². The van der Waals surface area contributed by atoms with Gasteiger partial charge in [-0.1, -0.05) is 121 Å². The molecule has 0 aromatic heterocycles. The molecule has 0 radical (unpaired) electrons. The van der Waals surface area contributed by atoms with Gasteiger partial charge in [-0.05, 0) is 220 Å². The van der Waals surface area contributed by atoms with Gasteiger partial charge in [0.25, 0.3) is 59.1 Å². The molecule has 0 saturated heterocycles. The topological polar surface area (TPSA) is 751 Å². The molecule has 19 rings (SSSR count). The molecular formula is C105H108N23NaO21. The van der Waals surface area contributed by atoms with Gasteiger partial charge in [0.15, 0.2) is 0 Å². The Labute approximate surface area is 880 Å². The number of fused-ring (bicyclic) bond motifs is 10. The van der Waals surface area contributed by atoms with Crippen molar-refractivity contribution < 1.29 is 132 Å². The standard InChI is InChI=1S/C36H22N8O4.C34H30N8O4.C12H15NO4.C10H18O5.C7H7NO2.C6H10N4.H3N.Na.2H2O/c45-31-19-9-1-5-13-23(19)37-35-38-24-14-6-2-10-20(24)32(46)42(35)28-18-30-29(17-27(28)41(31)35)43-33(47)21-11-3-7-15-25(21)39-36(43)40-26-16-8-4-12-22(26)34(48)44(30)36;35-23-13-5-1-9-19(23)31(43)39-27-17-29(41-33(45)21-11-3-7-15-25(21)37)30(42-34(46)22-12-4-8-16-26(22)38)18-28(27)40-32(44)20-10-2-6-14-24(20)36;1-12(2,3)17-11(16)13-9-7-5-4-6-8(9)10(14)15;1-9(2,3)14-7(11)13-8(12)15-10(4,5)6;8-6-4-2-1-3-5(6)7(9)10;7-3-1-4(8)6(10)2-5(3)9;;;;/h1-18,37-40H;1-18H,35-38H2,(H,39,43)(H,40,44)(H,41,45)(H,42,46);4-7H,1-3H3,(H,13,16)(H,14,15);1-6H3;1-4H,8H2,(H,9,10);1-2H,7-10H2;1H3;;2*1H2/q;;;;;;;+1;;/p-1. The fourth-order valence-corrected chi connectivity index (χ4v) is 15.8. The van der Waals surface area contributed by atoms with E-state index in [1.807, 2.05) is 24.3 Å². The minimum absolute atomic E-state index is 0. The van der Waals surface area contributed by atoms with Crippen LogP contribution in [-0.4, -0.2) is 127 Å². The maximum absolute atomic E-state index is 14.5. The fraction of sp³-hybridized carbons (Fsp3) is 0.133. The molecule has 0 saturated carbocycles. The number of carboxylic acids is 2. The molecule has 770 valence electrons. The number of ether oxygens (including phenoxy) is 4.